The monoisotopic (exact) mass is 192 g/mol. The zero-order valence-corrected chi connectivity index (χ0v) is 7.73. The van der Waals surface area contributed by atoms with Crippen LogP contribution >= 0.6 is 0 Å². The van der Waals surface area contributed by atoms with Crippen LogP contribution in [0.3, 0.4) is 0 Å². The number of carbonyl (C=O) groups is 1. The van der Waals surface area contributed by atoms with Gasteiger partial charge in [0.15, 0.2) is 0 Å². The topological polar surface area (TPSA) is 76.2 Å². The molecule has 1 aliphatic carbocycles. The van der Waals surface area contributed by atoms with Gasteiger partial charge < -0.3 is 10.8 Å². The third-order valence-electron chi connectivity index (χ3n) is 2.73. The third-order valence-corrected chi connectivity index (χ3v) is 2.73. The van der Waals surface area contributed by atoms with E-state index in [1.54, 1.807) is 12.1 Å². The van der Waals surface area contributed by atoms with Crippen LogP contribution in [0.5, 0.6) is 0 Å². The van der Waals surface area contributed by atoms with Gasteiger partial charge in [0.2, 0.25) is 0 Å². The fourth-order valence-electron chi connectivity index (χ4n) is 1.62. The summed E-state index contributed by atoms with van der Waals surface area (Å²) in [6.07, 6.45) is 4.10. The highest BCUT2D eigenvalue weighted by Crippen LogP contribution is 2.40. The molecule has 1 aromatic heterocycles. The lowest BCUT2D eigenvalue weighted by atomic mass is 9.76. The van der Waals surface area contributed by atoms with Gasteiger partial charge in [-0.05, 0) is 25.3 Å². The predicted molar refractivity (Wildman–Crippen MR) is 50.5 cm³/mol. The van der Waals surface area contributed by atoms with Gasteiger partial charge in [-0.1, -0.05) is 6.07 Å². The molecule has 14 heavy (non-hydrogen) atoms. The number of nitrogens with zero attached hydrogens (tertiary/aromatic N) is 1. The first-order valence-corrected chi connectivity index (χ1v) is 4.60. The second-order valence-electron chi connectivity index (χ2n) is 3.68. The van der Waals surface area contributed by atoms with Gasteiger partial charge in [0.25, 0.3) is 5.91 Å². The normalized spacial score (nSPS) is 18.6. The lowest BCUT2D eigenvalue weighted by Crippen LogP contribution is -2.33. The number of amides is 1. The Bertz CT molecular complexity index is 355. The predicted octanol–water partition coefficient (Wildman–Crippen LogP) is 0.552. The second-order valence-corrected chi connectivity index (χ2v) is 3.68. The number of primary amides is 1. The van der Waals surface area contributed by atoms with Crippen molar-refractivity contribution in [3.05, 3.63) is 29.6 Å². The zero-order valence-electron chi connectivity index (χ0n) is 7.73. The minimum absolute atomic E-state index is 0.233. The van der Waals surface area contributed by atoms with Crippen molar-refractivity contribution in [3.8, 4) is 0 Å². The maximum absolute atomic E-state index is 10.7. The first-order chi connectivity index (χ1) is 6.62. The summed E-state index contributed by atoms with van der Waals surface area (Å²) in [6.45, 7) is 0. The number of hydrogen-bond acceptors (Lipinski definition) is 3. The number of rotatable bonds is 2. The fourth-order valence-corrected chi connectivity index (χ4v) is 1.62. The first kappa shape index (κ1) is 9.15. The van der Waals surface area contributed by atoms with E-state index in [0.29, 0.717) is 0 Å². The van der Waals surface area contributed by atoms with Crippen molar-refractivity contribution in [2.45, 2.75) is 24.9 Å². The van der Waals surface area contributed by atoms with Gasteiger partial charge in [-0.25, -0.2) is 0 Å². The average Bonchev–Trinajstić information content (AvgIpc) is 2.14. The number of pyridine rings is 1. The van der Waals surface area contributed by atoms with Crippen molar-refractivity contribution in [1.29, 1.82) is 0 Å². The molecule has 0 atom stereocenters. The molecule has 0 bridgehead atoms. The quantitative estimate of drug-likeness (QED) is 0.718. The van der Waals surface area contributed by atoms with Crippen LogP contribution in [-0.2, 0) is 5.60 Å². The van der Waals surface area contributed by atoms with Gasteiger partial charge in [-0.15, -0.1) is 0 Å². The molecule has 3 N–H and O–H groups in total. The summed E-state index contributed by atoms with van der Waals surface area (Å²) in [6, 6.07) is 3.26. The summed E-state index contributed by atoms with van der Waals surface area (Å²) >= 11 is 0. The molecule has 0 aromatic carbocycles. The van der Waals surface area contributed by atoms with Crippen LogP contribution in [0.2, 0.25) is 0 Å². The maximum atomic E-state index is 10.7. The third kappa shape index (κ3) is 1.37. The van der Waals surface area contributed by atoms with Crippen molar-refractivity contribution in [2.75, 3.05) is 0 Å². The smallest absolute Gasteiger partial charge is 0.267 e. The molecule has 1 saturated carbocycles. The molecule has 1 amide bonds. The lowest BCUT2D eigenvalue weighted by Gasteiger charge is -2.36. The van der Waals surface area contributed by atoms with Crippen LogP contribution in [0, 0.1) is 0 Å². The Hall–Kier alpha value is -1.42. The van der Waals surface area contributed by atoms with Gasteiger partial charge in [-0.3, -0.25) is 9.78 Å². The van der Waals surface area contributed by atoms with Crippen molar-refractivity contribution >= 4 is 5.91 Å². The van der Waals surface area contributed by atoms with E-state index in [1.165, 1.54) is 6.20 Å². The molecule has 0 saturated heterocycles. The number of carbonyl (C=O) groups excluding carboxylic acids is 1. The SMILES string of the molecule is NC(=O)c1ccc(C2(O)CCC2)cn1. The number of nitrogens with two attached hydrogens (primary N) is 1. The van der Waals surface area contributed by atoms with Crippen LogP contribution in [-0.4, -0.2) is 16.0 Å². The molecule has 1 aliphatic rings. The van der Waals surface area contributed by atoms with E-state index in [0.717, 1.165) is 24.8 Å². The van der Waals surface area contributed by atoms with Crippen LogP contribution < -0.4 is 5.73 Å². The van der Waals surface area contributed by atoms with Crippen molar-refractivity contribution in [2.24, 2.45) is 5.73 Å². The molecule has 1 aromatic rings. The summed E-state index contributed by atoms with van der Waals surface area (Å²) in [5.74, 6) is -0.544. The maximum Gasteiger partial charge on any atom is 0.267 e. The van der Waals surface area contributed by atoms with Gasteiger partial charge in [0.1, 0.15) is 5.69 Å². The fraction of sp³-hybridized carbons (Fsp3) is 0.400. The summed E-state index contributed by atoms with van der Waals surface area (Å²) in [7, 11) is 0. The van der Waals surface area contributed by atoms with E-state index in [9.17, 15) is 9.90 Å². The molecular weight excluding hydrogens is 180 g/mol. The largest absolute Gasteiger partial charge is 0.385 e. The minimum atomic E-state index is -0.719. The molecule has 0 spiro atoms. The summed E-state index contributed by atoms with van der Waals surface area (Å²) in [5, 5.41) is 9.95. The Morgan fingerprint density at radius 3 is 2.57 bits per heavy atom. The molecule has 0 radical (unpaired) electrons. The van der Waals surface area contributed by atoms with Crippen LogP contribution in [0.25, 0.3) is 0 Å². The Labute approximate surface area is 81.8 Å². The lowest BCUT2D eigenvalue weighted by molar-refractivity contribution is -0.0390. The summed E-state index contributed by atoms with van der Waals surface area (Å²) in [4.78, 5) is 14.6. The highest BCUT2D eigenvalue weighted by molar-refractivity contribution is 5.90. The Kier molecular flexibility index (Phi) is 2.00. The molecule has 4 nitrogen and oxygen atoms in total. The summed E-state index contributed by atoms with van der Waals surface area (Å²) in [5.41, 5.74) is 5.34. The van der Waals surface area contributed by atoms with Crippen molar-refractivity contribution < 1.29 is 9.90 Å². The molecule has 2 rings (SSSR count). The molecule has 4 heteroatoms. The zero-order chi connectivity index (χ0) is 10.2. The van der Waals surface area contributed by atoms with E-state index in [-0.39, 0.29) is 5.69 Å². The highest BCUT2D eigenvalue weighted by atomic mass is 16.3. The van der Waals surface area contributed by atoms with Crippen LogP contribution in [0.15, 0.2) is 18.3 Å². The Morgan fingerprint density at radius 1 is 1.50 bits per heavy atom. The standard InChI is InChI=1S/C10H12N2O2/c11-9(13)8-3-2-7(6-12-8)10(14)4-1-5-10/h2-3,6,14H,1,4-5H2,(H2,11,13). The number of aromatic nitrogens is 1. The molecular formula is C10H12N2O2. The summed E-state index contributed by atoms with van der Waals surface area (Å²) < 4.78 is 0. The van der Waals surface area contributed by atoms with Crippen molar-refractivity contribution in [1.82, 2.24) is 4.98 Å². The van der Waals surface area contributed by atoms with Gasteiger partial charge in [0, 0.05) is 11.8 Å². The Balaban J connectivity index is 2.25. The number of hydrogen-bond donors (Lipinski definition) is 2. The Morgan fingerprint density at radius 2 is 2.21 bits per heavy atom. The average molecular weight is 192 g/mol. The van der Waals surface area contributed by atoms with Gasteiger partial charge >= 0.3 is 0 Å². The first-order valence-electron chi connectivity index (χ1n) is 4.60. The molecule has 0 aliphatic heterocycles. The second kappa shape index (κ2) is 3.06. The molecule has 74 valence electrons. The van der Waals surface area contributed by atoms with E-state index in [1.807, 2.05) is 0 Å². The number of aliphatic hydroxyl groups is 1. The van der Waals surface area contributed by atoms with Gasteiger partial charge in [-0.2, -0.15) is 0 Å². The van der Waals surface area contributed by atoms with E-state index in [4.69, 9.17) is 5.73 Å². The highest BCUT2D eigenvalue weighted by Gasteiger charge is 2.36. The van der Waals surface area contributed by atoms with E-state index >= 15 is 0 Å². The van der Waals surface area contributed by atoms with E-state index in [2.05, 4.69) is 4.98 Å². The van der Waals surface area contributed by atoms with Crippen molar-refractivity contribution in [3.63, 3.8) is 0 Å². The molecule has 0 unspecified atom stereocenters. The van der Waals surface area contributed by atoms with Crippen LogP contribution in [0.4, 0.5) is 0 Å². The molecule has 1 heterocycles. The van der Waals surface area contributed by atoms with Gasteiger partial charge in [0.05, 0.1) is 5.60 Å². The van der Waals surface area contributed by atoms with E-state index < -0.39 is 11.5 Å². The molecule has 1 fully saturated rings. The van der Waals surface area contributed by atoms with Crippen LogP contribution in [0.1, 0.15) is 35.3 Å². The minimum Gasteiger partial charge on any atom is -0.385 e.